The number of aromatic nitrogens is 2. The minimum atomic E-state index is -0.360. The van der Waals surface area contributed by atoms with Crippen LogP contribution >= 0.6 is 0 Å². The number of hydrogen-bond acceptors (Lipinski definition) is 5. The first-order chi connectivity index (χ1) is 11.0. The number of aryl methyl sites for hydroxylation is 1. The van der Waals surface area contributed by atoms with Gasteiger partial charge in [-0.15, -0.1) is 0 Å². The van der Waals surface area contributed by atoms with Gasteiger partial charge in [-0.2, -0.15) is 4.98 Å². The molecule has 0 radical (unpaired) electrons. The Balaban J connectivity index is 1.51. The van der Waals surface area contributed by atoms with E-state index in [1.54, 1.807) is 0 Å². The average Bonchev–Trinajstić information content (AvgIpc) is 2.94. The molecule has 0 bridgehead atoms. The average molecular weight is 320 g/mol. The number of amides is 1. The molecular formula is C17H28N4O2. The topological polar surface area (TPSA) is 94.0 Å². The van der Waals surface area contributed by atoms with Gasteiger partial charge in [-0.1, -0.05) is 18.0 Å². The molecule has 2 atom stereocenters. The van der Waals surface area contributed by atoms with Crippen molar-refractivity contribution in [2.45, 2.75) is 82.7 Å². The highest BCUT2D eigenvalue weighted by Crippen LogP contribution is 2.34. The maximum atomic E-state index is 12.6. The molecule has 2 aliphatic rings. The third-order valence-electron chi connectivity index (χ3n) is 5.54. The number of carbonyl (C=O) groups excluding carboxylic acids is 1. The quantitative estimate of drug-likeness (QED) is 0.892. The molecule has 6 nitrogen and oxygen atoms in total. The van der Waals surface area contributed by atoms with Crippen LogP contribution in [0.4, 0.5) is 0 Å². The molecule has 3 N–H and O–H groups in total. The largest absolute Gasteiger partial charge is 0.353 e. The lowest BCUT2D eigenvalue weighted by Gasteiger charge is -2.38. The van der Waals surface area contributed by atoms with Crippen LogP contribution in [0.5, 0.6) is 0 Å². The summed E-state index contributed by atoms with van der Waals surface area (Å²) in [6.07, 6.45) is 7.98. The van der Waals surface area contributed by atoms with Crippen molar-refractivity contribution in [2.24, 2.45) is 11.7 Å². The van der Waals surface area contributed by atoms with E-state index < -0.39 is 0 Å². The standard InChI is InChI=1S/C17H28N4O2/c1-11-19-16(23-21-11)12-6-8-13(9-7-12)20-15(22)14-5-3-4-10-17(14,2)18/h12-14H,3-10,18H2,1-2H3,(H,20,22). The first kappa shape index (κ1) is 16.4. The van der Waals surface area contributed by atoms with Gasteiger partial charge in [0.15, 0.2) is 5.82 Å². The zero-order chi connectivity index (χ0) is 16.4. The number of nitrogens with zero attached hydrogens (tertiary/aromatic N) is 2. The van der Waals surface area contributed by atoms with Crippen LogP contribution in [0.2, 0.25) is 0 Å². The van der Waals surface area contributed by atoms with Crippen LogP contribution in [0, 0.1) is 12.8 Å². The smallest absolute Gasteiger partial charge is 0.229 e. The summed E-state index contributed by atoms with van der Waals surface area (Å²) < 4.78 is 5.28. The van der Waals surface area contributed by atoms with E-state index in [-0.39, 0.29) is 23.4 Å². The maximum absolute atomic E-state index is 12.6. The SMILES string of the molecule is Cc1noc(C2CCC(NC(=O)C3CCCCC3(C)N)CC2)n1. The molecule has 1 heterocycles. The lowest BCUT2D eigenvalue weighted by atomic mass is 9.74. The normalized spacial score (nSPS) is 35.0. The molecule has 0 saturated heterocycles. The third kappa shape index (κ3) is 3.74. The summed E-state index contributed by atoms with van der Waals surface area (Å²) in [6, 6.07) is 0.250. The summed E-state index contributed by atoms with van der Waals surface area (Å²) in [6.45, 7) is 3.86. The van der Waals surface area contributed by atoms with Gasteiger partial charge in [0.1, 0.15) is 0 Å². The molecule has 1 aromatic rings. The van der Waals surface area contributed by atoms with E-state index in [1.807, 2.05) is 13.8 Å². The summed E-state index contributed by atoms with van der Waals surface area (Å²) in [7, 11) is 0. The van der Waals surface area contributed by atoms with Gasteiger partial charge in [-0.05, 0) is 52.4 Å². The van der Waals surface area contributed by atoms with E-state index in [2.05, 4.69) is 15.5 Å². The molecule has 1 aromatic heterocycles. The van der Waals surface area contributed by atoms with Gasteiger partial charge in [0.25, 0.3) is 0 Å². The second kappa shape index (κ2) is 6.59. The molecule has 2 saturated carbocycles. The summed E-state index contributed by atoms with van der Waals surface area (Å²) in [5, 5.41) is 7.10. The fraction of sp³-hybridized carbons (Fsp3) is 0.824. The first-order valence-electron chi connectivity index (χ1n) is 8.85. The van der Waals surface area contributed by atoms with E-state index in [0.29, 0.717) is 11.7 Å². The van der Waals surface area contributed by atoms with Crippen LogP contribution in [0.15, 0.2) is 4.52 Å². The van der Waals surface area contributed by atoms with Crippen molar-refractivity contribution in [3.8, 4) is 0 Å². The molecular weight excluding hydrogens is 292 g/mol. The van der Waals surface area contributed by atoms with Crippen molar-refractivity contribution in [3.05, 3.63) is 11.7 Å². The Kier molecular flexibility index (Phi) is 4.71. The van der Waals surface area contributed by atoms with Gasteiger partial charge in [-0.25, -0.2) is 0 Å². The fourth-order valence-electron chi connectivity index (χ4n) is 4.05. The summed E-state index contributed by atoms with van der Waals surface area (Å²) in [5.74, 6) is 1.86. The predicted octanol–water partition coefficient (Wildman–Crippen LogP) is 2.43. The van der Waals surface area contributed by atoms with Gasteiger partial charge in [0.2, 0.25) is 11.8 Å². The van der Waals surface area contributed by atoms with Gasteiger partial charge in [0.05, 0.1) is 5.92 Å². The Morgan fingerprint density at radius 1 is 1.26 bits per heavy atom. The zero-order valence-corrected chi connectivity index (χ0v) is 14.2. The van der Waals surface area contributed by atoms with E-state index >= 15 is 0 Å². The molecule has 3 rings (SSSR count). The molecule has 2 aliphatic carbocycles. The lowest BCUT2D eigenvalue weighted by molar-refractivity contribution is -0.129. The van der Waals surface area contributed by atoms with E-state index in [4.69, 9.17) is 10.3 Å². The van der Waals surface area contributed by atoms with Crippen molar-refractivity contribution in [2.75, 3.05) is 0 Å². The van der Waals surface area contributed by atoms with E-state index in [9.17, 15) is 4.79 Å². The van der Waals surface area contributed by atoms with Crippen LogP contribution in [-0.4, -0.2) is 27.6 Å². The van der Waals surface area contributed by atoms with Gasteiger partial charge < -0.3 is 15.6 Å². The highest BCUT2D eigenvalue weighted by Gasteiger charge is 2.38. The number of carbonyl (C=O) groups is 1. The summed E-state index contributed by atoms with van der Waals surface area (Å²) in [4.78, 5) is 16.9. The summed E-state index contributed by atoms with van der Waals surface area (Å²) >= 11 is 0. The Labute approximate surface area is 137 Å². The molecule has 23 heavy (non-hydrogen) atoms. The molecule has 6 heteroatoms. The van der Waals surface area contributed by atoms with Gasteiger partial charge in [0, 0.05) is 17.5 Å². The van der Waals surface area contributed by atoms with E-state index in [1.165, 1.54) is 0 Å². The van der Waals surface area contributed by atoms with Gasteiger partial charge in [-0.3, -0.25) is 4.79 Å². The minimum Gasteiger partial charge on any atom is -0.353 e. The second-order valence-corrected chi connectivity index (χ2v) is 7.54. The molecule has 1 amide bonds. The minimum absolute atomic E-state index is 0.0486. The van der Waals surface area contributed by atoms with E-state index in [0.717, 1.165) is 57.3 Å². The number of rotatable bonds is 3. The third-order valence-corrected chi connectivity index (χ3v) is 5.54. The van der Waals surface area contributed by atoms with Crippen molar-refractivity contribution >= 4 is 5.91 Å². The molecule has 0 aromatic carbocycles. The van der Waals surface area contributed by atoms with Crippen LogP contribution in [0.1, 0.15) is 75.9 Å². The Morgan fingerprint density at radius 3 is 2.61 bits per heavy atom. The molecule has 128 valence electrons. The predicted molar refractivity (Wildman–Crippen MR) is 86.7 cm³/mol. The van der Waals surface area contributed by atoms with Crippen LogP contribution in [0.25, 0.3) is 0 Å². The van der Waals surface area contributed by atoms with Crippen molar-refractivity contribution in [3.63, 3.8) is 0 Å². The molecule has 2 fully saturated rings. The lowest BCUT2D eigenvalue weighted by Crippen LogP contribution is -2.54. The van der Waals surface area contributed by atoms with Gasteiger partial charge >= 0.3 is 0 Å². The Bertz CT molecular complexity index is 547. The Morgan fingerprint density at radius 2 is 2.00 bits per heavy atom. The number of nitrogens with two attached hydrogens (primary N) is 1. The maximum Gasteiger partial charge on any atom is 0.229 e. The van der Waals surface area contributed by atoms with Crippen molar-refractivity contribution in [1.29, 1.82) is 0 Å². The van der Waals surface area contributed by atoms with Crippen LogP contribution in [-0.2, 0) is 4.79 Å². The highest BCUT2D eigenvalue weighted by atomic mass is 16.5. The number of nitrogens with one attached hydrogen (secondary N) is 1. The first-order valence-corrected chi connectivity index (χ1v) is 8.85. The van der Waals surface area contributed by atoms with Crippen molar-refractivity contribution in [1.82, 2.24) is 15.5 Å². The summed E-state index contributed by atoms with van der Waals surface area (Å²) in [5.41, 5.74) is 5.98. The Hall–Kier alpha value is -1.43. The number of hydrogen-bond donors (Lipinski definition) is 2. The second-order valence-electron chi connectivity index (χ2n) is 7.54. The monoisotopic (exact) mass is 320 g/mol. The molecule has 2 unspecified atom stereocenters. The molecule has 0 aliphatic heterocycles. The van der Waals surface area contributed by atoms with Crippen LogP contribution < -0.4 is 11.1 Å². The van der Waals surface area contributed by atoms with Crippen molar-refractivity contribution < 1.29 is 9.32 Å². The highest BCUT2D eigenvalue weighted by molar-refractivity contribution is 5.80. The fourth-order valence-corrected chi connectivity index (χ4v) is 4.05. The molecule has 0 spiro atoms. The zero-order valence-electron chi connectivity index (χ0n) is 14.2. The van der Waals surface area contributed by atoms with Crippen LogP contribution in [0.3, 0.4) is 0 Å².